The molecule has 3 unspecified atom stereocenters. The van der Waals surface area contributed by atoms with Crippen molar-refractivity contribution in [3.63, 3.8) is 0 Å². The van der Waals surface area contributed by atoms with Gasteiger partial charge in [-0.2, -0.15) is 11.8 Å². The maximum atomic E-state index is 3.65. The molecule has 0 radical (unpaired) electrons. The fourth-order valence-electron chi connectivity index (χ4n) is 2.99. The van der Waals surface area contributed by atoms with E-state index in [1.54, 1.807) is 0 Å². The second-order valence-electron chi connectivity index (χ2n) is 6.88. The number of hydrogen-bond acceptors (Lipinski definition) is 3. The van der Waals surface area contributed by atoms with E-state index in [9.17, 15) is 0 Å². The molecule has 1 saturated heterocycles. The maximum absolute atomic E-state index is 3.65. The standard InChI is InChI=1S/C16H34N2S/c1-7-8-16(6,11-17-13(2)3)12-18-9-10-19-15(5)14(18)4/h13-15,17H,7-12H2,1-6H3. The summed E-state index contributed by atoms with van der Waals surface area (Å²) in [6.45, 7) is 17.7. The van der Waals surface area contributed by atoms with E-state index >= 15 is 0 Å². The van der Waals surface area contributed by atoms with Crippen molar-refractivity contribution in [3.8, 4) is 0 Å². The van der Waals surface area contributed by atoms with Crippen LogP contribution in [0, 0.1) is 5.41 Å². The van der Waals surface area contributed by atoms with Crippen LogP contribution in [-0.2, 0) is 0 Å². The van der Waals surface area contributed by atoms with Crippen LogP contribution in [0.4, 0.5) is 0 Å². The fourth-order valence-corrected chi connectivity index (χ4v) is 4.15. The zero-order valence-corrected chi connectivity index (χ0v) is 14.6. The van der Waals surface area contributed by atoms with Crippen molar-refractivity contribution in [2.75, 3.05) is 25.4 Å². The summed E-state index contributed by atoms with van der Waals surface area (Å²) in [5.41, 5.74) is 0.412. The molecule has 0 aromatic heterocycles. The van der Waals surface area contributed by atoms with Crippen molar-refractivity contribution in [2.24, 2.45) is 5.41 Å². The van der Waals surface area contributed by atoms with Gasteiger partial charge in [0.2, 0.25) is 0 Å². The van der Waals surface area contributed by atoms with E-state index in [0.717, 1.165) is 11.8 Å². The van der Waals surface area contributed by atoms with Gasteiger partial charge in [0.1, 0.15) is 0 Å². The summed E-state index contributed by atoms with van der Waals surface area (Å²) < 4.78 is 0. The number of nitrogens with one attached hydrogen (secondary N) is 1. The Morgan fingerprint density at radius 1 is 1.37 bits per heavy atom. The lowest BCUT2D eigenvalue weighted by Gasteiger charge is -2.43. The third-order valence-electron chi connectivity index (χ3n) is 4.39. The second-order valence-corrected chi connectivity index (χ2v) is 8.37. The molecule has 1 rings (SSSR count). The van der Waals surface area contributed by atoms with E-state index in [1.807, 2.05) is 0 Å². The first kappa shape index (κ1) is 17.3. The predicted molar refractivity (Wildman–Crippen MR) is 89.1 cm³/mol. The third-order valence-corrected chi connectivity index (χ3v) is 5.73. The molecule has 3 atom stereocenters. The number of nitrogens with zero attached hydrogens (tertiary/aromatic N) is 1. The minimum Gasteiger partial charge on any atom is -0.314 e. The Bertz CT molecular complexity index is 257. The van der Waals surface area contributed by atoms with Crippen LogP contribution in [0.5, 0.6) is 0 Å². The smallest absolute Gasteiger partial charge is 0.0184 e. The largest absolute Gasteiger partial charge is 0.314 e. The van der Waals surface area contributed by atoms with E-state index in [-0.39, 0.29) is 0 Å². The van der Waals surface area contributed by atoms with Gasteiger partial charge < -0.3 is 5.32 Å². The van der Waals surface area contributed by atoms with E-state index in [4.69, 9.17) is 0 Å². The molecular formula is C16H34N2S. The highest BCUT2D eigenvalue weighted by Gasteiger charge is 2.32. The topological polar surface area (TPSA) is 15.3 Å². The van der Waals surface area contributed by atoms with Crippen LogP contribution in [0.25, 0.3) is 0 Å². The van der Waals surface area contributed by atoms with Gasteiger partial charge in [-0.1, -0.05) is 41.0 Å². The first-order chi connectivity index (χ1) is 8.88. The van der Waals surface area contributed by atoms with Crippen LogP contribution in [0.15, 0.2) is 0 Å². The van der Waals surface area contributed by atoms with Crippen molar-refractivity contribution in [3.05, 3.63) is 0 Å². The third kappa shape index (κ3) is 5.65. The van der Waals surface area contributed by atoms with Crippen LogP contribution in [-0.4, -0.2) is 47.6 Å². The fraction of sp³-hybridized carbons (Fsp3) is 1.00. The lowest BCUT2D eigenvalue weighted by atomic mass is 9.84. The normalized spacial score (nSPS) is 28.6. The molecule has 0 aromatic carbocycles. The Kier molecular flexibility index (Phi) is 7.20. The average molecular weight is 287 g/mol. The quantitative estimate of drug-likeness (QED) is 0.769. The molecule has 1 fully saturated rings. The minimum atomic E-state index is 0.412. The van der Waals surface area contributed by atoms with Crippen molar-refractivity contribution >= 4 is 11.8 Å². The van der Waals surface area contributed by atoms with Crippen molar-refractivity contribution in [2.45, 2.75) is 71.7 Å². The molecule has 1 heterocycles. The van der Waals surface area contributed by atoms with Crippen LogP contribution in [0.1, 0.15) is 54.4 Å². The average Bonchev–Trinajstić information content (AvgIpc) is 2.33. The van der Waals surface area contributed by atoms with Crippen LogP contribution in [0.3, 0.4) is 0 Å². The number of hydrogen-bond donors (Lipinski definition) is 1. The molecule has 0 saturated carbocycles. The Morgan fingerprint density at radius 2 is 2.05 bits per heavy atom. The zero-order valence-electron chi connectivity index (χ0n) is 13.8. The van der Waals surface area contributed by atoms with Gasteiger partial charge in [-0.3, -0.25) is 4.90 Å². The molecule has 0 amide bonds. The SMILES string of the molecule is CCCC(C)(CNC(C)C)CN1CCSC(C)C1C. The number of thioether (sulfide) groups is 1. The molecule has 114 valence electrons. The van der Waals surface area contributed by atoms with E-state index < -0.39 is 0 Å². The number of rotatable bonds is 7. The molecule has 2 nitrogen and oxygen atoms in total. The summed E-state index contributed by atoms with van der Waals surface area (Å²) in [6.07, 6.45) is 2.60. The maximum Gasteiger partial charge on any atom is 0.0184 e. The predicted octanol–water partition coefficient (Wildman–Crippen LogP) is 3.62. The Labute approximate surface area is 125 Å². The summed E-state index contributed by atoms with van der Waals surface area (Å²) in [6, 6.07) is 1.30. The van der Waals surface area contributed by atoms with Gasteiger partial charge in [0.05, 0.1) is 0 Å². The van der Waals surface area contributed by atoms with E-state index in [2.05, 4.69) is 63.5 Å². The Hall–Kier alpha value is 0.270. The molecule has 1 aliphatic heterocycles. The molecule has 1 aliphatic rings. The monoisotopic (exact) mass is 286 g/mol. The molecule has 1 N–H and O–H groups in total. The molecule has 0 aromatic rings. The van der Waals surface area contributed by atoms with Crippen LogP contribution >= 0.6 is 11.8 Å². The highest BCUT2D eigenvalue weighted by atomic mass is 32.2. The van der Waals surface area contributed by atoms with Gasteiger partial charge in [-0.05, 0) is 18.8 Å². The summed E-state index contributed by atoms with van der Waals surface area (Å²) in [4.78, 5) is 2.72. The van der Waals surface area contributed by atoms with Gasteiger partial charge in [-0.25, -0.2) is 0 Å². The molecule has 0 bridgehead atoms. The molecule has 19 heavy (non-hydrogen) atoms. The molecule has 0 aliphatic carbocycles. The van der Waals surface area contributed by atoms with Gasteiger partial charge in [0.15, 0.2) is 0 Å². The Morgan fingerprint density at radius 3 is 2.63 bits per heavy atom. The van der Waals surface area contributed by atoms with Gasteiger partial charge in [0, 0.05) is 42.7 Å². The Balaban J connectivity index is 2.60. The van der Waals surface area contributed by atoms with E-state index in [0.29, 0.717) is 17.5 Å². The molecular weight excluding hydrogens is 252 g/mol. The summed E-state index contributed by atoms with van der Waals surface area (Å²) >= 11 is 2.13. The van der Waals surface area contributed by atoms with Crippen LogP contribution < -0.4 is 5.32 Å². The van der Waals surface area contributed by atoms with Crippen molar-refractivity contribution < 1.29 is 0 Å². The van der Waals surface area contributed by atoms with Crippen molar-refractivity contribution in [1.82, 2.24) is 10.2 Å². The highest BCUT2D eigenvalue weighted by molar-refractivity contribution is 8.00. The van der Waals surface area contributed by atoms with Gasteiger partial charge in [0.25, 0.3) is 0 Å². The molecule has 3 heteroatoms. The highest BCUT2D eigenvalue weighted by Crippen LogP contribution is 2.30. The summed E-state index contributed by atoms with van der Waals surface area (Å²) in [7, 11) is 0. The van der Waals surface area contributed by atoms with Crippen LogP contribution in [0.2, 0.25) is 0 Å². The minimum absolute atomic E-state index is 0.412. The summed E-state index contributed by atoms with van der Waals surface area (Å²) in [5, 5.41) is 4.43. The first-order valence-electron chi connectivity index (χ1n) is 7.97. The summed E-state index contributed by atoms with van der Waals surface area (Å²) in [5.74, 6) is 1.30. The second kappa shape index (κ2) is 7.90. The van der Waals surface area contributed by atoms with Gasteiger partial charge >= 0.3 is 0 Å². The van der Waals surface area contributed by atoms with E-state index in [1.165, 1.54) is 31.7 Å². The molecule has 0 spiro atoms. The van der Waals surface area contributed by atoms with Gasteiger partial charge in [-0.15, -0.1) is 0 Å². The lowest BCUT2D eigenvalue weighted by molar-refractivity contribution is 0.116. The first-order valence-corrected chi connectivity index (χ1v) is 9.02. The van der Waals surface area contributed by atoms with Crippen molar-refractivity contribution in [1.29, 1.82) is 0 Å². The lowest BCUT2D eigenvalue weighted by Crippen LogP contribution is -2.51. The zero-order chi connectivity index (χ0) is 14.5.